The van der Waals surface area contributed by atoms with Crippen LogP contribution in [0, 0.1) is 6.92 Å². The van der Waals surface area contributed by atoms with Gasteiger partial charge in [-0.25, -0.2) is 4.98 Å². The molecule has 0 bridgehead atoms. The van der Waals surface area contributed by atoms with Gasteiger partial charge in [-0.1, -0.05) is 36.4 Å². The summed E-state index contributed by atoms with van der Waals surface area (Å²) in [5, 5.41) is 1.06. The molecule has 0 atom stereocenters. The highest BCUT2D eigenvalue weighted by Crippen LogP contribution is 2.24. The lowest BCUT2D eigenvalue weighted by Crippen LogP contribution is -1.78. The fourth-order valence-corrected chi connectivity index (χ4v) is 2.69. The molecule has 0 N–H and O–H groups in total. The molecule has 0 aliphatic rings. The molecule has 2 rings (SSSR count). The van der Waals surface area contributed by atoms with Gasteiger partial charge in [0.25, 0.3) is 0 Å². The van der Waals surface area contributed by atoms with Crippen molar-refractivity contribution in [3.05, 3.63) is 56.5 Å². The van der Waals surface area contributed by atoms with E-state index in [1.165, 1.54) is 5.56 Å². The fraction of sp³-hybridized carbons (Fsp3) is 0.154. The minimum Gasteiger partial charge on any atom is -0.241 e. The third-order valence-electron chi connectivity index (χ3n) is 2.21. The molecule has 0 unspecified atom stereocenters. The van der Waals surface area contributed by atoms with E-state index < -0.39 is 0 Å². The highest BCUT2D eigenvalue weighted by molar-refractivity contribution is 9.11. The maximum Gasteiger partial charge on any atom is 0.117 e. The standard InChI is InChI=1S/C13H12BrNS/c1-10-13(14)16-12(15-10)9-5-8-11-6-3-2-4-7-11/h2-7,9H,8H2,1H3/b9-5+. The van der Waals surface area contributed by atoms with Crippen LogP contribution < -0.4 is 0 Å². The van der Waals surface area contributed by atoms with Crippen LogP contribution in [0.4, 0.5) is 0 Å². The predicted octanol–water partition coefficient (Wildman–Crippen LogP) is 4.47. The first-order chi connectivity index (χ1) is 7.75. The van der Waals surface area contributed by atoms with E-state index in [2.05, 4.69) is 57.3 Å². The number of hydrogen-bond acceptors (Lipinski definition) is 2. The van der Waals surface area contributed by atoms with E-state index in [0.717, 1.165) is 20.9 Å². The number of thiazole rings is 1. The molecule has 0 saturated heterocycles. The summed E-state index contributed by atoms with van der Waals surface area (Å²) >= 11 is 5.14. The van der Waals surface area contributed by atoms with Crippen molar-refractivity contribution in [1.82, 2.24) is 4.98 Å². The Morgan fingerprint density at radius 3 is 2.69 bits per heavy atom. The lowest BCUT2D eigenvalue weighted by atomic mass is 10.1. The number of hydrogen-bond donors (Lipinski definition) is 0. The van der Waals surface area contributed by atoms with E-state index in [4.69, 9.17) is 0 Å². The van der Waals surface area contributed by atoms with E-state index in [-0.39, 0.29) is 0 Å². The summed E-state index contributed by atoms with van der Waals surface area (Å²) < 4.78 is 1.12. The monoisotopic (exact) mass is 293 g/mol. The predicted molar refractivity (Wildman–Crippen MR) is 73.7 cm³/mol. The lowest BCUT2D eigenvalue weighted by molar-refractivity contribution is 1.23. The Bertz CT molecular complexity index is 468. The topological polar surface area (TPSA) is 12.9 Å². The van der Waals surface area contributed by atoms with Crippen LogP contribution in [-0.2, 0) is 6.42 Å². The average Bonchev–Trinajstić information content (AvgIpc) is 2.60. The molecule has 1 heterocycles. The zero-order valence-corrected chi connectivity index (χ0v) is 11.4. The van der Waals surface area contributed by atoms with Crippen molar-refractivity contribution in [2.75, 3.05) is 0 Å². The summed E-state index contributed by atoms with van der Waals surface area (Å²) in [5.74, 6) is 0. The molecule has 0 spiro atoms. The minimum atomic E-state index is 0.955. The van der Waals surface area contributed by atoms with Crippen LogP contribution in [0.5, 0.6) is 0 Å². The smallest absolute Gasteiger partial charge is 0.117 e. The van der Waals surface area contributed by atoms with Crippen LogP contribution >= 0.6 is 27.3 Å². The summed E-state index contributed by atoms with van der Waals surface area (Å²) in [5.41, 5.74) is 2.38. The van der Waals surface area contributed by atoms with E-state index in [1.807, 2.05) is 13.0 Å². The second kappa shape index (κ2) is 5.41. The lowest BCUT2D eigenvalue weighted by Gasteiger charge is -1.93. The van der Waals surface area contributed by atoms with Gasteiger partial charge in [0, 0.05) is 0 Å². The Morgan fingerprint density at radius 1 is 1.31 bits per heavy atom. The van der Waals surface area contributed by atoms with E-state index >= 15 is 0 Å². The number of nitrogens with zero attached hydrogens (tertiary/aromatic N) is 1. The number of aromatic nitrogens is 1. The fourth-order valence-electron chi connectivity index (χ4n) is 1.38. The molecular weight excluding hydrogens is 282 g/mol. The number of allylic oxidation sites excluding steroid dienone is 1. The summed E-state index contributed by atoms with van der Waals surface area (Å²) in [6.45, 7) is 2.01. The number of aryl methyl sites for hydroxylation is 1. The van der Waals surface area contributed by atoms with Gasteiger partial charge in [-0.15, -0.1) is 11.3 Å². The van der Waals surface area contributed by atoms with Gasteiger partial charge in [0.15, 0.2) is 0 Å². The van der Waals surface area contributed by atoms with Crippen molar-refractivity contribution in [2.45, 2.75) is 13.3 Å². The van der Waals surface area contributed by atoms with Crippen LogP contribution in [-0.4, -0.2) is 4.98 Å². The van der Waals surface area contributed by atoms with Gasteiger partial charge in [-0.3, -0.25) is 0 Å². The van der Waals surface area contributed by atoms with Crippen molar-refractivity contribution in [2.24, 2.45) is 0 Å². The van der Waals surface area contributed by atoms with Gasteiger partial charge in [-0.05, 0) is 40.9 Å². The quantitative estimate of drug-likeness (QED) is 0.814. The molecule has 1 aromatic heterocycles. The zero-order valence-electron chi connectivity index (χ0n) is 8.98. The van der Waals surface area contributed by atoms with Gasteiger partial charge >= 0.3 is 0 Å². The van der Waals surface area contributed by atoms with Crippen molar-refractivity contribution >= 4 is 33.3 Å². The molecule has 1 nitrogen and oxygen atoms in total. The Labute approximate surface area is 108 Å². The van der Waals surface area contributed by atoms with Gasteiger partial charge in [0.2, 0.25) is 0 Å². The first-order valence-electron chi connectivity index (χ1n) is 5.09. The van der Waals surface area contributed by atoms with Crippen molar-refractivity contribution < 1.29 is 0 Å². The largest absolute Gasteiger partial charge is 0.241 e. The van der Waals surface area contributed by atoms with E-state index in [0.29, 0.717) is 0 Å². The maximum absolute atomic E-state index is 4.43. The molecule has 1 aromatic carbocycles. The summed E-state index contributed by atoms with van der Waals surface area (Å²) in [6, 6.07) is 10.4. The number of halogens is 1. The van der Waals surface area contributed by atoms with Crippen LogP contribution in [0.1, 0.15) is 16.3 Å². The molecule has 0 amide bonds. The minimum absolute atomic E-state index is 0.955. The molecule has 0 radical (unpaired) electrons. The van der Waals surface area contributed by atoms with Crippen LogP contribution in [0.15, 0.2) is 40.2 Å². The zero-order chi connectivity index (χ0) is 11.4. The first kappa shape index (κ1) is 11.6. The third kappa shape index (κ3) is 3.03. The second-order valence-electron chi connectivity index (χ2n) is 3.50. The molecular formula is C13H12BrNS. The molecule has 3 heteroatoms. The molecule has 0 fully saturated rings. The van der Waals surface area contributed by atoms with Gasteiger partial charge in [0.05, 0.1) is 9.48 Å². The Balaban J connectivity index is 2.00. The summed E-state index contributed by atoms with van der Waals surface area (Å²) in [4.78, 5) is 4.43. The van der Waals surface area contributed by atoms with Crippen LogP contribution in [0.2, 0.25) is 0 Å². The first-order valence-corrected chi connectivity index (χ1v) is 6.70. The Hall–Kier alpha value is -0.930. The average molecular weight is 294 g/mol. The van der Waals surface area contributed by atoms with E-state index in [9.17, 15) is 0 Å². The highest BCUT2D eigenvalue weighted by Gasteiger charge is 2.00. The molecule has 0 saturated carbocycles. The molecule has 0 aliphatic heterocycles. The molecule has 0 aliphatic carbocycles. The highest BCUT2D eigenvalue weighted by atomic mass is 79.9. The Morgan fingerprint density at radius 2 is 2.06 bits per heavy atom. The third-order valence-corrected chi connectivity index (χ3v) is 4.18. The van der Waals surface area contributed by atoms with Crippen LogP contribution in [0.3, 0.4) is 0 Å². The number of benzene rings is 1. The molecule has 2 aromatic rings. The SMILES string of the molecule is Cc1nc(/C=C/Cc2ccccc2)sc1Br. The normalized spacial score (nSPS) is 11.1. The van der Waals surface area contributed by atoms with Crippen molar-refractivity contribution in [3.8, 4) is 0 Å². The van der Waals surface area contributed by atoms with Gasteiger partial charge in [-0.2, -0.15) is 0 Å². The second-order valence-corrected chi connectivity index (χ2v) is 5.85. The summed E-state index contributed by atoms with van der Waals surface area (Å²) in [6.07, 6.45) is 5.19. The van der Waals surface area contributed by atoms with Gasteiger partial charge in [0.1, 0.15) is 5.01 Å². The van der Waals surface area contributed by atoms with Crippen molar-refractivity contribution in [3.63, 3.8) is 0 Å². The Kier molecular flexibility index (Phi) is 3.91. The van der Waals surface area contributed by atoms with Crippen molar-refractivity contribution in [1.29, 1.82) is 0 Å². The molecule has 16 heavy (non-hydrogen) atoms. The number of rotatable bonds is 3. The molecule has 82 valence electrons. The van der Waals surface area contributed by atoms with E-state index in [1.54, 1.807) is 11.3 Å². The maximum atomic E-state index is 4.43. The van der Waals surface area contributed by atoms with Crippen LogP contribution in [0.25, 0.3) is 6.08 Å². The van der Waals surface area contributed by atoms with Gasteiger partial charge < -0.3 is 0 Å². The summed E-state index contributed by atoms with van der Waals surface area (Å²) in [7, 11) is 0.